The number of anilines is 2. The van der Waals surface area contributed by atoms with Gasteiger partial charge < -0.3 is 24.3 Å². The molecular formula is C30H37Cl2N7O. The van der Waals surface area contributed by atoms with Gasteiger partial charge in [0.1, 0.15) is 5.82 Å². The number of fused-ring (bicyclic) bond motifs is 1. The summed E-state index contributed by atoms with van der Waals surface area (Å²) < 4.78 is 6.40. The molecule has 0 N–H and O–H groups in total. The van der Waals surface area contributed by atoms with Crippen LogP contribution in [0.4, 0.5) is 11.5 Å². The van der Waals surface area contributed by atoms with Crippen molar-refractivity contribution in [3.05, 3.63) is 51.8 Å². The van der Waals surface area contributed by atoms with Crippen molar-refractivity contribution in [3.8, 4) is 12.1 Å². The Bertz CT molecular complexity index is 1300. The smallest absolute Gasteiger partial charge is 0.318 e. The van der Waals surface area contributed by atoms with Crippen LogP contribution in [0.3, 0.4) is 0 Å². The van der Waals surface area contributed by atoms with Crippen LogP contribution < -0.4 is 14.5 Å². The largest absolute Gasteiger partial charge is 0.463 e. The third-order valence-corrected chi connectivity index (χ3v) is 9.57. The number of likely N-dealkylation sites (tertiary alicyclic amines) is 1. The minimum Gasteiger partial charge on any atom is -0.463 e. The molecule has 8 nitrogen and oxygen atoms in total. The summed E-state index contributed by atoms with van der Waals surface area (Å²) in [6.07, 6.45) is 9.11. The number of benzene rings is 1. The third kappa shape index (κ3) is 5.70. The normalized spacial score (nSPS) is 22.1. The summed E-state index contributed by atoms with van der Waals surface area (Å²) in [4.78, 5) is 19.4. The number of piperazine rings is 1. The monoisotopic (exact) mass is 581 g/mol. The van der Waals surface area contributed by atoms with Gasteiger partial charge in [-0.3, -0.25) is 0 Å². The number of allylic oxidation sites excluding steroid dienone is 1. The Balaban J connectivity index is 1.28. The van der Waals surface area contributed by atoms with E-state index < -0.39 is 0 Å². The number of nitrogens with zero attached hydrogens (tertiary/aromatic N) is 7. The molecule has 0 radical (unpaired) electrons. The van der Waals surface area contributed by atoms with Gasteiger partial charge in [0.05, 0.1) is 53.1 Å². The van der Waals surface area contributed by atoms with E-state index in [1.54, 1.807) is 0 Å². The highest BCUT2D eigenvalue weighted by molar-refractivity contribution is 6.43. The molecule has 2 saturated heterocycles. The zero-order chi connectivity index (χ0) is 27.7. The number of halogens is 2. The standard InChI is InChI=1S/C30H37Cl2N7O/c1-2-12-37-16-17-39(18-22(37)7-11-33)28-23-8-15-38(26-6-3-5-24(31)27(26)32)19-25(23)34-29(35-28)40-21-30(9-10-30)20-36-13-4-14-36/h2-3,5-6,12,22H,4,7-10,13-21H2,1H3. The van der Waals surface area contributed by atoms with Gasteiger partial charge in [-0.1, -0.05) is 35.3 Å². The zero-order valence-corrected chi connectivity index (χ0v) is 24.7. The van der Waals surface area contributed by atoms with E-state index >= 15 is 0 Å². The Morgan fingerprint density at radius 2 is 1.98 bits per heavy atom. The molecule has 40 heavy (non-hydrogen) atoms. The molecule has 1 saturated carbocycles. The van der Waals surface area contributed by atoms with Gasteiger partial charge in [0.15, 0.2) is 0 Å². The first kappa shape index (κ1) is 27.4. The van der Waals surface area contributed by atoms with Crippen molar-refractivity contribution in [1.82, 2.24) is 19.8 Å². The number of aromatic nitrogens is 2. The third-order valence-electron chi connectivity index (χ3n) is 8.76. The summed E-state index contributed by atoms with van der Waals surface area (Å²) in [7, 11) is 0. The van der Waals surface area contributed by atoms with Crippen LogP contribution in [0.5, 0.6) is 6.01 Å². The van der Waals surface area contributed by atoms with Crippen molar-refractivity contribution in [2.75, 3.05) is 62.2 Å². The second kappa shape index (κ2) is 11.6. The molecule has 1 atom stereocenters. The quantitative estimate of drug-likeness (QED) is 0.402. The number of ether oxygens (including phenoxy) is 1. The molecule has 2 aromatic rings. The topological polar surface area (TPSA) is 71.8 Å². The van der Waals surface area contributed by atoms with E-state index in [4.69, 9.17) is 37.9 Å². The van der Waals surface area contributed by atoms with Crippen LogP contribution in [0.25, 0.3) is 0 Å². The van der Waals surface area contributed by atoms with E-state index in [9.17, 15) is 5.26 Å². The van der Waals surface area contributed by atoms with Gasteiger partial charge >= 0.3 is 6.01 Å². The van der Waals surface area contributed by atoms with Gasteiger partial charge in [-0.15, -0.1) is 0 Å². The van der Waals surface area contributed by atoms with Gasteiger partial charge in [0.2, 0.25) is 0 Å². The fourth-order valence-corrected chi connectivity index (χ4v) is 6.57. The van der Waals surface area contributed by atoms with Crippen molar-refractivity contribution < 1.29 is 4.74 Å². The number of rotatable bonds is 9. The molecule has 0 bridgehead atoms. The maximum absolute atomic E-state index is 9.52. The van der Waals surface area contributed by atoms with E-state index in [1.807, 2.05) is 31.2 Å². The molecule has 6 rings (SSSR count). The van der Waals surface area contributed by atoms with Crippen LogP contribution in [0.2, 0.25) is 10.0 Å². The van der Waals surface area contributed by atoms with Crippen LogP contribution in [0.1, 0.15) is 43.9 Å². The van der Waals surface area contributed by atoms with Crippen molar-refractivity contribution in [2.24, 2.45) is 5.41 Å². The van der Waals surface area contributed by atoms with E-state index in [-0.39, 0.29) is 11.5 Å². The lowest BCUT2D eigenvalue weighted by atomic mass is 10.0. The molecule has 212 valence electrons. The van der Waals surface area contributed by atoms with Crippen LogP contribution in [-0.2, 0) is 13.0 Å². The highest BCUT2D eigenvalue weighted by Gasteiger charge is 2.46. The van der Waals surface area contributed by atoms with Gasteiger partial charge in [-0.05, 0) is 64.0 Å². The molecular weight excluding hydrogens is 545 g/mol. The zero-order valence-electron chi connectivity index (χ0n) is 23.2. The molecule has 4 aliphatic rings. The average molecular weight is 583 g/mol. The first-order valence-electron chi connectivity index (χ1n) is 14.4. The highest BCUT2D eigenvalue weighted by Crippen LogP contribution is 2.47. The van der Waals surface area contributed by atoms with Crippen molar-refractivity contribution in [1.29, 1.82) is 5.26 Å². The second-order valence-electron chi connectivity index (χ2n) is 11.6. The van der Waals surface area contributed by atoms with Crippen molar-refractivity contribution in [2.45, 2.75) is 51.6 Å². The molecule has 10 heteroatoms. The maximum atomic E-state index is 9.52. The van der Waals surface area contributed by atoms with Crippen molar-refractivity contribution >= 4 is 34.7 Å². The van der Waals surface area contributed by atoms with Gasteiger partial charge in [-0.25, -0.2) is 0 Å². The molecule has 1 aromatic heterocycles. The van der Waals surface area contributed by atoms with Crippen molar-refractivity contribution in [3.63, 3.8) is 0 Å². The summed E-state index contributed by atoms with van der Waals surface area (Å²) in [5, 5.41) is 10.6. The molecule has 3 fully saturated rings. The Labute approximate surface area is 247 Å². The van der Waals surface area contributed by atoms with Crippen LogP contribution in [-0.4, -0.2) is 78.2 Å². The molecule has 1 unspecified atom stereocenters. The lowest BCUT2D eigenvalue weighted by molar-refractivity contribution is 0.110. The van der Waals surface area contributed by atoms with Gasteiger partial charge in [0, 0.05) is 43.7 Å². The van der Waals surface area contributed by atoms with E-state index in [0.29, 0.717) is 35.6 Å². The van der Waals surface area contributed by atoms with Gasteiger partial charge in [-0.2, -0.15) is 15.2 Å². The lowest BCUT2D eigenvalue weighted by Gasteiger charge is -2.42. The van der Waals surface area contributed by atoms with Crippen LogP contribution >= 0.6 is 23.2 Å². The molecule has 3 aliphatic heterocycles. The summed E-state index contributed by atoms with van der Waals surface area (Å²) in [5.41, 5.74) is 3.29. The first-order valence-corrected chi connectivity index (χ1v) is 15.2. The first-order chi connectivity index (χ1) is 19.5. The fraction of sp³-hybridized carbons (Fsp3) is 0.567. The van der Waals surface area contributed by atoms with E-state index in [0.717, 1.165) is 56.3 Å². The molecule has 0 amide bonds. The molecule has 1 aromatic carbocycles. The predicted molar refractivity (Wildman–Crippen MR) is 159 cm³/mol. The van der Waals surface area contributed by atoms with Crippen LogP contribution in [0.15, 0.2) is 30.5 Å². The Morgan fingerprint density at radius 1 is 1.12 bits per heavy atom. The Hall–Kier alpha value is -2.73. The number of hydrogen-bond donors (Lipinski definition) is 0. The minimum absolute atomic E-state index is 0.113. The van der Waals surface area contributed by atoms with E-state index in [2.05, 4.69) is 31.9 Å². The number of hydrogen-bond acceptors (Lipinski definition) is 8. The summed E-state index contributed by atoms with van der Waals surface area (Å²) in [6.45, 7) is 10.00. The predicted octanol–water partition coefficient (Wildman–Crippen LogP) is 5.15. The van der Waals surface area contributed by atoms with Gasteiger partial charge in [0.25, 0.3) is 0 Å². The number of nitriles is 1. The fourth-order valence-electron chi connectivity index (χ4n) is 6.15. The minimum atomic E-state index is 0.113. The summed E-state index contributed by atoms with van der Waals surface area (Å²) in [5.74, 6) is 0.951. The molecule has 4 heterocycles. The average Bonchev–Trinajstić information content (AvgIpc) is 3.71. The Kier molecular flexibility index (Phi) is 7.98. The maximum Gasteiger partial charge on any atom is 0.318 e. The summed E-state index contributed by atoms with van der Waals surface area (Å²) in [6, 6.07) is 8.71. The SMILES string of the molecule is CC=CN1CCN(c2nc(OCC3(CN4CCC4)CC3)nc3c2CCN(c2cccc(Cl)c2Cl)C3)CC1CC#N. The Morgan fingerprint density at radius 3 is 2.70 bits per heavy atom. The molecule has 0 spiro atoms. The highest BCUT2D eigenvalue weighted by atomic mass is 35.5. The summed E-state index contributed by atoms with van der Waals surface area (Å²) >= 11 is 13.0. The molecule has 1 aliphatic carbocycles. The van der Waals surface area contributed by atoms with E-state index in [1.165, 1.54) is 37.9 Å². The van der Waals surface area contributed by atoms with Crippen LogP contribution in [0, 0.1) is 16.7 Å². The second-order valence-corrected chi connectivity index (χ2v) is 12.4. The lowest BCUT2D eigenvalue weighted by Crippen LogP contribution is -2.51.